The van der Waals surface area contributed by atoms with Crippen LogP contribution in [-0.4, -0.2) is 11.2 Å². The zero-order chi connectivity index (χ0) is 17.0. The Morgan fingerprint density at radius 1 is 1.17 bits per heavy atom. The standard InChI is InChI=1S/C18H19F2NOS/c1-11-7-8-12(2)14(9-11)10-23-13(3)18(22)21-17-15(19)5-4-6-16(17)20/h4-9,13H,10H2,1-3H3,(H,21,22). The molecule has 1 unspecified atom stereocenters. The van der Waals surface area contributed by atoms with Gasteiger partial charge in [-0.1, -0.05) is 29.8 Å². The van der Waals surface area contributed by atoms with Gasteiger partial charge in [0.05, 0.1) is 5.25 Å². The Morgan fingerprint density at radius 3 is 2.48 bits per heavy atom. The number of rotatable bonds is 5. The second kappa shape index (κ2) is 7.59. The quantitative estimate of drug-likeness (QED) is 0.847. The predicted molar refractivity (Wildman–Crippen MR) is 91.7 cm³/mol. The van der Waals surface area contributed by atoms with Crippen LogP contribution in [-0.2, 0) is 10.5 Å². The van der Waals surface area contributed by atoms with Crippen LogP contribution in [0.1, 0.15) is 23.6 Å². The molecule has 0 aliphatic carbocycles. The van der Waals surface area contributed by atoms with Crippen molar-refractivity contribution in [3.8, 4) is 0 Å². The molecule has 0 aromatic heterocycles. The lowest BCUT2D eigenvalue weighted by molar-refractivity contribution is -0.115. The fourth-order valence-electron chi connectivity index (χ4n) is 2.09. The molecule has 1 atom stereocenters. The minimum absolute atomic E-state index is 0.392. The lowest BCUT2D eigenvalue weighted by Crippen LogP contribution is -2.23. The average Bonchev–Trinajstić information content (AvgIpc) is 2.51. The van der Waals surface area contributed by atoms with Gasteiger partial charge >= 0.3 is 0 Å². The van der Waals surface area contributed by atoms with Gasteiger partial charge in [-0.3, -0.25) is 4.79 Å². The van der Waals surface area contributed by atoms with Gasteiger partial charge in [-0.05, 0) is 44.0 Å². The Bertz CT molecular complexity index is 698. The molecule has 1 N–H and O–H groups in total. The van der Waals surface area contributed by atoms with Crippen LogP contribution in [0.25, 0.3) is 0 Å². The second-order valence-electron chi connectivity index (χ2n) is 5.47. The molecule has 0 aliphatic rings. The molecule has 0 saturated heterocycles. The predicted octanol–water partition coefficient (Wildman–Crippen LogP) is 4.84. The van der Waals surface area contributed by atoms with E-state index in [0.717, 1.165) is 28.8 Å². The normalized spacial score (nSPS) is 12.0. The summed E-state index contributed by atoms with van der Waals surface area (Å²) in [5.74, 6) is -1.29. The van der Waals surface area contributed by atoms with Crippen LogP contribution in [0.2, 0.25) is 0 Å². The zero-order valence-electron chi connectivity index (χ0n) is 13.3. The first kappa shape index (κ1) is 17.5. The third kappa shape index (κ3) is 4.55. The molecular weight excluding hydrogens is 316 g/mol. The Kier molecular flexibility index (Phi) is 5.77. The number of carbonyl (C=O) groups is 1. The van der Waals surface area contributed by atoms with Crippen molar-refractivity contribution in [3.63, 3.8) is 0 Å². The van der Waals surface area contributed by atoms with Crippen molar-refractivity contribution < 1.29 is 13.6 Å². The number of thioether (sulfide) groups is 1. The summed E-state index contributed by atoms with van der Waals surface area (Å²) < 4.78 is 27.1. The first-order valence-corrected chi connectivity index (χ1v) is 8.36. The van der Waals surface area contributed by atoms with Gasteiger partial charge in [0.25, 0.3) is 0 Å². The molecule has 0 bridgehead atoms. The molecule has 23 heavy (non-hydrogen) atoms. The summed E-state index contributed by atoms with van der Waals surface area (Å²) in [5.41, 5.74) is 3.09. The first-order valence-electron chi connectivity index (χ1n) is 7.31. The summed E-state index contributed by atoms with van der Waals surface area (Å²) in [6.45, 7) is 5.77. The number of benzene rings is 2. The van der Waals surface area contributed by atoms with E-state index in [1.165, 1.54) is 17.8 Å². The monoisotopic (exact) mass is 335 g/mol. The summed E-state index contributed by atoms with van der Waals surface area (Å²) in [7, 11) is 0. The number of anilines is 1. The van der Waals surface area contributed by atoms with Crippen molar-refractivity contribution in [1.29, 1.82) is 0 Å². The van der Waals surface area contributed by atoms with Crippen molar-refractivity contribution in [2.45, 2.75) is 31.8 Å². The molecule has 0 fully saturated rings. The summed E-state index contributed by atoms with van der Waals surface area (Å²) in [6, 6.07) is 9.67. The Balaban J connectivity index is 1.99. The van der Waals surface area contributed by atoms with Crippen molar-refractivity contribution in [3.05, 3.63) is 64.7 Å². The summed E-state index contributed by atoms with van der Waals surface area (Å²) in [5, 5.41) is 1.91. The van der Waals surface area contributed by atoms with Crippen LogP contribution in [0.15, 0.2) is 36.4 Å². The molecule has 2 aromatic carbocycles. The molecule has 0 saturated carbocycles. The lowest BCUT2D eigenvalue weighted by Gasteiger charge is -2.14. The van der Waals surface area contributed by atoms with Crippen molar-refractivity contribution in [1.82, 2.24) is 0 Å². The van der Waals surface area contributed by atoms with Crippen molar-refractivity contribution >= 4 is 23.4 Å². The van der Waals surface area contributed by atoms with E-state index >= 15 is 0 Å². The average molecular weight is 335 g/mol. The zero-order valence-corrected chi connectivity index (χ0v) is 14.1. The van der Waals surface area contributed by atoms with E-state index in [2.05, 4.69) is 11.4 Å². The molecule has 0 radical (unpaired) electrons. The molecule has 2 rings (SSSR count). The van der Waals surface area contributed by atoms with Crippen LogP contribution < -0.4 is 5.32 Å². The van der Waals surface area contributed by atoms with Gasteiger partial charge in [0.2, 0.25) is 5.91 Å². The minimum Gasteiger partial charge on any atom is -0.320 e. The topological polar surface area (TPSA) is 29.1 Å². The fraction of sp³-hybridized carbons (Fsp3) is 0.278. The Hall–Kier alpha value is -1.88. The molecule has 0 spiro atoms. The van der Waals surface area contributed by atoms with E-state index in [0.29, 0.717) is 5.75 Å². The van der Waals surface area contributed by atoms with E-state index in [4.69, 9.17) is 0 Å². The third-order valence-corrected chi connectivity index (χ3v) is 4.77. The summed E-state index contributed by atoms with van der Waals surface area (Å²) >= 11 is 1.43. The minimum atomic E-state index is -0.773. The van der Waals surface area contributed by atoms with Crippen LogP contribution in [0.4, 0.5) is 14.5 Å². The fourth-order valence-corrected chi connectivity index (χ4v) is 3.04. The molecule has 2 nitrogen and oxygen atoms in total. The first-order chi connectivity index (χ1) is 10.9. The van der Waals surface area contributed by atoms with E-state index in [1.54, 1.807) is 6.92 Å². The molecule has 5 heteroatoms. The molecular formula is C18H19F2NOS. The van der Waals surface area contributed by atoms with Gasteiger partial charge < -0.3 is 5.32 Å². The van der Waals surface area contributed by atoms with Crippen LogP contribution in [0, 0.1) is 25.5 Å². The van der Waals surface area contributed by atoms with Gasteiger partial charge in [-0.25, -0.2) is 8.78 Å². The maximum Gasteiger partial charge on any atom is 0.237 e. The van der Waals surface area contributed by atoms with Gasteiger partial charge in [0, 0.05) is 5.75 Å². The highest BCUT2D eigenvalue weighted by Gasteiger charge is 2.18. The Labute approximate surface area is 139 Å². The highest BCUT2D eigenvalue weighted by atomic mass is 32.2. The highest BCUT2D eigenvalue weighted by molar-refractivity contribution is 7.99. The molecule has 0 aliphatic heterocycles. The van der Waals surface area contributed by atoms with Gasteiger partial charge in [0.15, 0.2) is 0 Å². The SMILES string of the molecule is Cc1ccc(C)c(CSC(C)C(=O)Nc2c(F)cccc2F)c1. The van der Waals surface area contributed by atoms with Gasteiger partial charge in [0.1, 0.15) is 17.3 Å². The van der Waals surface area contributed by atoms with Gasteiger partial charge in [-0.2, -0.15) is 0 Å². The number of nitrogens with one attached hydrogen (secondary N) is 1. The lowest BCUT2D eigenvalue weighted by atomic mass is 10.1. The number of hydrogen-bond donors (Lipinski definition) is 1. The number of hydrogen-bond acceptors (Lipinski definition) is 2. The van der Waals surface area contributed by atoms with Gasteiger partial charge in [-0.15, -0.1) is 11.8 Å². The smallest absolute Gasteiger partial charge is 0.237 e. The largest absolute Gasteiger partial charge is 0.320 e. The maximum atomic E-state index is 13.6. The van der Waals surface area contributed by atoms with Crippen molar-refractivity contribution in [2.24, 2.45) is 0 Å². The number of halogens is 2. The summed E-state index contributed by atoms with van der Waals surface area (Å²) in [6.07, 6.45) is 0. The highest BCUT2D eigenvalue weighted by Crippen LogP contribution is 2.24. The van der Waals surface area contributed by atoms with E-state index < -0.39 is 28.5 Å². The van der Waals surface area contributed by atoms with Crippen LogP contribution in [0.5, 0.6) is 0 Å². The maximum absolute atomic E-state index is 13.6. The molecule has 2 aromatic rings. The van der Waals surface area contributed by atoms with Crippen LogP contribution >= 0.6 is 11.8 Å². The number of aryl methyl sites for hydroxylation is 2. The summed E-state index contributed by atoms with van der Waals surface area (Å²) in [4.78, 5) is 12.1. The number of para-hydroxylation sites is 1. The van der Waals surface area contributed by atoms with E-state index in [-0.39, 0.29) is 0 Å². The molecule has 1 amide bonds. The Morgan fingerprint density at radius 2 is 1.83 bits per heavy atom. The number of carbonyl (C=O) groups excluding carboxylic acids is 1. The second-order valence-corrected chi connectivity index (χ2v) is 6.80. The van der Waals surface area contributed by atoms with Crippen molar-refractivity contribution in [2.75, 3.05) is 5.32 Å². The number of amides is 1. The van der Waals surface area contributed by atoms with E-state index in [1.807, 2.05) is 26.0 Å². The van der Waals surface area contributed by atoms with E-state index in [9.17, 15) is 13.6 Å². The molecule has 122 valence electrons. The van der Waals surface area contributed by atoms with Crippen LogP contribution in [0.3, 0.4) is 0 Å². The molecule has 0 heterocycles. The third-order valence-electron chi connectivity index (χ3n) is 3.57.